The predicted molar refractivity (Wildman–Crippen MR) is 122 cm³/mol. The van der Waals surface area contributed by atoms with E-state index in [0.29, 0.717) is 53.2 Å². The SMILES string of the molecule is CCOc1cc(C(=O)NC(=S)Nc2sc(C)c(C)c2C#N)cc(OCC)c1OCC. The second kappa shape index (κ2) is 10.8. The number of carbonyl (C=O) groups excluding carboxylic acids is 1. The summed E-state index contributed by atoms with van der Waals surface area (Å²) in [6, 6.07) is 5.35. The van der Waals surface area contributed by atoms with Gasteiger partial charge in [-0.25, -0.2) is 0 Å². The first kappa shape index (κ1) is 23.4. The summed E-state index contributed by atoms with van der Waals surface area (Å²) in [6.45, 7) is 10.6. The number of amides is 1. The molecule has 0 aliphatic carbocycles. The van der Waals surface area contributed by atoms with Crippen LogP contribution in [0.15, 0.2) is 12.1 Å². The molecule has 0 aliphatic rings. The molecule has 160 valence electrons. The maximum Gasteiger partial charge on any atom is 0.257 e. The van der Waals surface area contributed by atoms with Gasteiger partial charge in [0.2, 0.25) is 5.75 Å². The van der Waals surface area contributed by atoms with Crippen molar-refractivity contribution in [2.45, 2.75) is 34.6 Å². The van der Waals surface area contributed by atoms with Crippen molar-refractivity contribution in [1.82, 2.24) is 5.32 Å². The summed E-state index contributed by atoms with van der Waals surface area (Å²) in [7, 11) is 0. The molecule has 2 rings (SSSR count). The first-order valence-corrected chi connectivity index (χ1v) is 10.8. The van der Waals surface area contributed by atoms with Crippen LogP contribution in [0.3, 0.4) is 0 Å². The van der Waals surface area contributed by atoms with Crippen LogP contribution in [0.25, 0.3) is 0 Å². The fraction of sp³-hybridized carbons (Fsp3) is 0.381. The van der Waals surface area contributed by atoms with E-state index in [1.807, 2.05) is 34.6 Å². The first-order valence-electron chi connectivity index (χ1n) is 9.54. The molecule has 0 unspecified atom stereocenters. The second-order valence-electron chi connectivity index (χ2n) is 6.11. The molecule has 0 fully saturated rings. The summed E-state index contributed by atoms with van der Waals surface area (Å²) in [6.07, 6.45) is 0. The standard InChI is InChI=1S/C21H25N3O4S2/c1-6-26-16-9-14(10-17(27-7-2)18(16)28-8-3)19(25)23-21(29)24-20-15(11-22)12(4)13(5)30-20/h9-10H,6-8H2,1-5H3,(H2,23,24,25,29). The molecule has 0 radical (unpaired) electrons. The van der Waals surface area contributed by atoms with Gasteiger partial charge in [0.15, 0.2) is 16.6 Å². The zero-order valence-corrected chi connectivity index (χ0v) is 19.3. The number of anilines is 1. The number of thiophene rings is 1. The van der Waals surface area contributed by atoms with Crippen molar-refractivity contribution in [3.63, 3.8) is 0 Å². The quantitative estimate of drug-likeness (QED) is 0.573. The Morgan fingerprint density at radius 2 is 1.67 bits per heavy atom. The molecule has 1 amide bonds. The highest BCUT2D eigenvalue weighted by Crippen LogP contribution is 2.39. The van der Waals surface area contributed by atoms with Gasteiger partial charge in [-0.1, -0.05) is 0 Å². The normalized spacial score (nSPS) is 10.1. The van der Waals surface area contributed by atoms with Crippen LogP contribution in [-0.2, 0) is 0 Å². The van der Waals surface area contributed by atoms with Crippen molar-refractivity contribution in [2.75, 3.05) is 25.1 Å². The van der Waals surface area contributed by atoms with Crippen LogP contribution in [0.1, 0.15) is 47.1 Å². The zero-order valence-electron chi connectivity index (χ0n) is 17.7. The van der Waals surface area contributed by atoms with Gasteiger partial charge in [0.25, 0.3) is 5.91 Å². The Morgan fingerprint density at radius 3 is 2.17 bits per heavy atom. The van der Waals surface area contributed by atoms with E-state index in [0.717, 1.165) is 10.4 Å². The van der Waals surface area contributed by atoms with Crippen LogP contribution in [0, 0.1) is 25.2 Å². The van der Waals surface area contributed by atoms with Gasteiger partial charge in [-0.2, -0.15) is 5.26 Å². The van der Waals surface area contributed by atoms with E-state index < -0.39 is 5.91 Å². The lowest BCUT2D eigenvalue weighted by molar-refractivity contribution is 0.0976. The van der Waals surface area contributed by atoms with Gasteiger partial charge in [0.1, 0.15) is 11.1 Å². The third-order valence-electron chi connectivity index (χ3n) is 4.12. The van der Waals surface area contributed by atoms with Crippen LogP contribution < -0.4 is 24.8 Å². The third kappa shape index (κ3) is 5.40. The maximum atomic E-state index is 12.8. The molecule has 7 nitrogen and oxygen atoms in total. The van der Waals surface area contributed by atoms with E-state index in [1.54, 1.807) is 12.1 Å². The number of nitrogens with zero attached hydrogens (tertiary/aromatic N) is 1. The highest BCUT2D eigenvalue weighted by atomic mass is 32.1. The van der Waals surface area contributed by atoms with Gasteiger partial charge in [-0.15, -0.1) is 11.3 Å². The predicted octanol–water partition coefficient (Wildman–Crippen LogP) is 4.56. The van der Waals surface area contributed by atoms with Crippen LogP contribution in [-0.4, -0.2) is 30.8 Å². The van der Waals surface area contributed by atoms with E-state index in [-0.39, 0.29) is 5.11 Å². The molecule has 1 aromatic heterocycles. The number of ether oxygens (including phenoxy) is 3. The second-order valence-corrected chi connectivity index (χ2v) is 7.74. The topological polar surface area (TPSA) is 92.6 Å². The molecule has 0 aliphatic heterocycles. The zero-order chi connectivity index (χ0) is 22.3. The third-order valence-corrected chi connectivity index (χ3v) is 5.45. The Balaban J connectivity index is 2.26. The van der Waals surface area contributed by atoms with E-state index in [2.05, 4.69) is 16.7 Å². The van der Waals surface area contributed by atoms with Crippen molar-refractivity contribution >= 4 is 39.6 Å². The van der Waals surface area contributed by atoms with Crippen molar-refractivity contribution < 1.29 is 19.0 Å². The minimum absolute atomic E-state index is 0.0996. The van der Waals surface area contributed by atoms with Crippen LogP contribution >= 0.6 is 23.6 Å². The number of hydrogen-bond donors (Lipinski definition) is 2. The van der Waals surface area contributed by atoms with Crippen molar-refractivity contribution in [3.8, 4) is 23.3 Å². The molecule has 0 atom stereocenters. The number of rotatable bonds is 8. The van der Waals surface area contributed by atoms with E-state index >= 15 is 0 Å². The van der Waals surface area contributed by atoms with Crippen LogP contribution in [0.5, 0.6) is 17.2 Å². The Hall–Kier alpha value is -2.83. The van der Waals surface area contributed by atoms with Gasteiger partial charge in [0, 0.05) is 10.4 Å². The molecule has 30 heavy (non-hydrogen) atoms. The van der Waals surface area contributed by atoms with Gasteiger partial charge in [-0.3, -0.25) is 10.1 Å². The Morgan fingerprint density at radius 1 is 1.10 bits per heavy atom. The minimum Gasteiger partial charge on any atom is -0.490 e. The summed E-state index contributed by atoms with van der Waals surface area (Å²) in [4.78, 5) is 13.8. The molecule has 0 saturated heterocycles. The fourth-order valence-electron chi connectivity index (χ4n) is 2.68. The molecular weight excluding hydrogens is 422 g/mol. The summed E-state index contributed by atoms with van der Waals surface area (Å²) in [5, 5.41) is 15.7. The van der Waals surface area contributed by atoms with E-state index in [4.69, 9.17) is 26.4 Å². The molecule has 9 heteroatoms. The van der Waals surface area contributed by atoms with Crippen molar-refractivity contribution in [1.29, 1.82) is 5.26 Å². The van der Waals surface area contributed by atoms with Crippen LogP contribution in [0.2, 0.25) is 0 Å². The van der Waals surface area contributed by atoms with Crippen LogP contribution in [0.4, 0.5) is 5.00 Å². The average molecular weight is 448 g/mol. The highest BCUT2D eigenvalue weighted by molar-refractivity contribution is 7.80. The largest absolute Gasteiger partial charge is 0.490 e. The summed E-state index contributed by atoms with van der Waals surface area (Å²) < 4.78 is 17.0. The maximum absolute atomic E-state index is 12.8. The number of benzene rings is 1. The number of thiocarbonyl (C=S) groups is 1. The lowest BCUT2D eigenvalue weighted by Gasteiger charge is -2.17. The molecule has 0 saturated carbocycles. The Kier molecular flexibility index (Phi) is 8.45. The smallest absolute Gasteiger partial charge is 0.257 e. The molecule has 2 aromatic rings. The molecular formula is C21H25N3O4S2. The van der Waals surface area contributed by atoms with E-state index in [1.165, 1.54) is 11.3 Å². The Labute approximate surface area is 185 Å². The highest BCUT2D eigenvalue weighted by Gasteiger charge is 2.20. The summed E-state index contributed by atoms with van der Waals surface area (Å²) >= 11 is 6.69. The number of nitriles is 1. The Bertz CT molecular complexity index is 952. The molecule has 1 aromatic carbocycles. The molecule has 2 N–H and O–H groups in total. The van der Waals surface area contributed by atoms with Gasteiger partial charge in [-0.05, 0) is 64.5 Å². The first-order chi connectivity index (χ1) is 14.4. The summed E-state index contributed by atoms with van der Waals surface area (Å²) in [5.41, 5.74) is 1.73. The number of nitrogens with one attached hydrogen (secondary N) is 2. The van der Waals surface area contributed by atoms with Gasteiger partial charge >= 0.3 is 0 Å². The molecule has 0 bridgehead atoms. The molecule has 1 heterocycles. The molecule has 0 spiro atoms. The lowest BCUT2D eigenvalue weighted by atomic mass is 10.1. The number of carbonyl (C=O) groups is 1. The van der Waals surface area contributed by atoms with Gasteiger partial charge < -0.3 is 19.5 Å². The lowest BCUT2D eigenvalue weighted by Crippen LogP contribution is -2.34. The minimum atomic E-state index is -0.430. The fourth-order valence-corrected chi connectivity index (χ4v) is 3.95. The number of hydrogen-bond acceptors (Lipinski definition) is 7. The summed E-state index contributed by atoms with van der Waals surface area (Å²) in [5.74, 6) is 0.874. The van der Waals surface area contributed by atoms with Gasteiger partial charge in [0.05, 0.1) is 25.4 Å². The monoisotopic (exact) mass is 447 g/mol. The van der Waals surface area contributed by atoms with E-state index in [9.17, 15) is 10.1 Å². The van der Waals surface area contributed by atoms with Crippen molar-refractivity contribution in [2.24, 2.45) is 0 Å². The van der Waals surface area contributed by atoms with Crippen molar-refractivity contribution in [3.05, 3.63) is 33.7 Å². The average Bonchev–Trinajstić information content (AvgIpc) is 2.96. The number of aryl methyl sites for hydroxylation is 1.